The average Bonchev–Trinajstić information content (AvgIpc) is 2.71. The van der Waals surface area contributed by atoms with Crippen LogP contribution >= 0.6 is 11.6 Å². The molecule has 1 aliphatic heterocycles. The van der Waals surface area contributed by atoms with Crippen molar-refractivity contribution < 1.29 is 4.79 Å². The van der Waals surface area contributed by atoms with Gasteiger partial charge in [0.1, 0.15) is 0 Å². The van der Waals surface area contributed by atoms with E-state index in [9.17, 15) is 9.59 Å². The normalized spacial score (nSPS) is 14.0. The maximum absolute atomic E-state index is 13.0. The third-order valence-corrected chi connectivity index (χ3v) is 6.00. The molecule has 1 aliphatic rings. The quantitative estimate of drug-likeness (QED) is 0.693. The molecule has 1 amide bonds. The molecule has 0 saturated carbocycles. The largest absolute Gasteiger partial charge is 0.358 e. The summed E-state index contributed by atoms with van der Waals surface area (Å²) in [7, 11) is 0. The maximum Gasteiger partial charge on any atom is 0.234 e. The van der Waals surface area contributed by atoms with Gasteiger partial charge in [-0.1, -0.05) is 41.4 Å². The van der Waals surface area contributed by atoms with E-state index in [1.54, 1.807) is 12.1 Å². The van der Waals surface area contributed by atoms with Gasteiger partial charge in [-0.3, -0.25) is 14.5 Å². The van der Waals surface area contributed by atoms with E-state index in [1.165, 1.54) is 5.56 Å². The van der Waals surface area contributed by atoms with Gasteiger partial charge in [0.05, 0.1) is 12.1 Å². The van der Waals surface area contributed by atoms with Gasteiger partial charge in [-0.15, -0.1) is 0 Å². The summed E-state index contributed by atoms with van der Waals surface area (Å²) in [5, 5.41) is 4.26. The second kappa shape index (κ2) is 8.01. The Bertz CT molecular complexity index is 1140. The van der Waals surface area contributed by atoms with Gasteiger partial charge in [-0.25, -0.2) is 0 Å². The second-order valence-corrected chi connectivity index (χ2v) is 8.14. The van der Waals surface area contributed by atoms with E-state index in [2.05, 4.69) is 10.3 Å². The number of carbonyl (C=O) groups excluding carboxylic acids is 1. The lowest BCUT2D eigenvalue weighted by atomic mass is 10.0. The number of halogens is 1. The van der Waals surface area contributed by atoms with Crippen molar-refractivity contribution in [3.05, 3.63) is 79.6 Å². The number of aromatic amines is 1. The van der Waals surface area contributed by atoms with Crippen LogP contribution in [0, 0.1) is 13.8 Å². The molecule has 0 unspecified atom stereocenters. The van der Waals surface area contributed by atoms with Gasteiger partial charge in [0.25, 0.3) is 0 Å². The number of amides is 1. The first-order valence-corrected chi connectivity index (χ1v) is 10.2. The molecule has 0 aliphatic carbocycles. The highest BCUT2D eigenvalue weighted by Gasteiger charge is 2.23. The Kier molecular flexibility index (Phi) is 5.43. The molecule has 150 valence electrons. The van der Waals surface area contributed by atoms with Gasteiger partial charge in [0.2, 0.25) is 5.91 Å². The van der Waals surface area contributed by atoms with Crippen molar-refractivity contribution in [1.82, 2.24) is 15.2 Å². The van der Waals surface area contributed by atoms with Crippen LogP contribution in [0.2, 0.25) is 5.02 Å². The first-order valence-electron chi connectivity index (χ1n) is 9.80. The van der Waals surface area contributed by atoms with Crippen molar-refractivity contribution >= 4 is 28.4 Å². The predicted octanol–water partition coefficient (Wildman–Crippen LogP) is 3.47. The number of hydrogen-bond donors (Lipinski definition) is 2. The number of nitrogens with one attached hydrogen (secondary N) is 2. The topological polar surface area (TPSA) is 65.2 Å². The highest BCUT2D eigenvalue weighted by Crippen LogP contribution is 2.25. The van der Waals surface area contributed by atoms with Gasteiger partial charge in [-0.2, -0.15) is 0 Å². The van der Waals surface area contributed by atoms with Crippen molar-refractivity contribution in [3.63, 3.8) is 0 Å². The van der Waals surface area contributed by atoms with Gasteiger partial charge in [-0.05, 0) is 37.1 Å². The van der Waals surface area contributed by atoms with Gasteiger partial charge >= 0.3 is 0 Å². The van der Waals surface area contributed by atoms with Gasteiger partial charge in [0.15, 0.2) is 5.43 Å². The lowest BCUT2D eigenvalue weighted by Gasteiger charge is -2.28. The molecule has 6 heteroatoms. The molecule has 1 aromatic heterocycles. The number of rotatable bonds is 4. The number of H-pyrrole nitrogens is 1. The Morgan fingerprint density at radius 3 is 2.69 bits per heavy atom. The minimum atomic E-state index is -0.0335. The van der Waals surface area contributed by atoms with Crippen molar-refractivity contribution in [3.8, 4) is 0 Å². The molecule has 0 saturated heterocycles. The van der Waals surface area contributed by atoms with Crippen LogP contribution in [0.5, 0.6) is 0 Å². The van der Waals surface area contributed by atoms with Crippen LogP contribution in [0.25, 0.3) is 10.9 Å². The van der Waals surface area contributed by atoms with Crippen LogP contribution in [0.1, 0.15) is 27.9 Å². The summed E-state index contributed by atoms with van der Waals surface area (Å²) in [6, 6.07) is 11.7. The number of aromatic nitrogens is 1. The summed E-state index contributed by atoms with van der Waals surface area (Å²) in [4.78, 5) is 30.8. The fourth-order valence-electron chi connectivity index (χ4n) is 3.82. The molecule has 2 heterocycles. The number of benzene rings is 2. The molecule has 0 bridgehead atoms. The molecule has 0 radical (unpaired) electrons. The summed E-state index contributed by atoms with van der Waals surface area (Å²) in [6.07, 6.45) is 0.706. The highest BCUT2D eigenvalue weighted by atomic mass is 35.5. The number of pyridine rings is 1. The van der Waals surface area contributed by atoms with E-state index < -0.39 is 0 Å². The minimum Gasteiger partial charge on any atom is -0.358 e. The number of carbonyl (C=O) groups is 1. The molecular formula is C23H24ClN3O2. The van der Waals surface area contributed by atoms with E-state index in [4.69, 9.17) is 11.6 Å². The van der Waals surface area contributed by atoms with E-state index in [0.717, 1.165) is 34.4 Å². The van der Waals surface area contributed by atoms with Crippen LogP contribution < -0.4 is 10.7 Å². The molecule has 3 aromatic rings. The average molecular weight is 410 g/mol. The first-order chi connectivity index (χ1) is 13.9. The monoisotopic (exact) mass is 409 g/mol. The lowest BCUT2D eigenvalue weighted by Crippen LogP contribution is -2.41. The maximum atomic E-state index is 13.0. The molecule has 4 rings (SSSR count). The standard InChI is InChI=1S/C23H24ClN3O2/c1-14-3-5-16(6-4-14)11-25-21(28)13-27-10-9-20-18(12-27)23(29)17-7-8-19(24)15(2)22(17)26-20/h3-8H,9-13H2,1-2H3,(H,25,28)(H,26,29). The van der Waals surface area contributed by atoms with Crippen LogP contribution in [0.15, 0.2) is 41.2 Å². The molecule has 29 heavy (non-hydrogen) atoms. The smallest absolute Gasteiger partial charge is 0.234 e. The molecule has 2 N–H and O–H groups in total. The Morgan fingerprint density at radius 1 is 1.17 bits per heavy atom. The fourth-order valence-corrected chi connectivity index (χ4v) is 3.97. The van der Waals surface area contributed by atoms with E-state index in [-0.39, 0.29) is 17.9 Å². The SMILES string of the molecule is Cc1ccc(CNC(=O)CN2CCc3[nH]c4c(C)c(Cl)ccc4c(=O)c3C2)cc1. The number of fused-ring (bicyclic) bond motifs is 2. The Balaban J connectivity index is 1.46. The third kappa shape index (κ3) is 4.07. The lowest BCUT2D eigenvalue weighted by molar-refractivity contribution is -0.122. The zero-order chi connectivity index (χ0) is 20.5. The van der Waals surface area contributed by atoms with Crippen LogP contribution in [-0.4, -0.2) is 28.9 Å². The molecule has 0 spiro atoms. The molecule has 2 aromatic carbocycles. The van der Waals surface area contributed by atoms with E-state index in [1.807, 2.05) is 43.0 Å². The number of hydrogen-bond acceptors (Lipinski definition) is 3. The van der Waals surface area contributed by atoms with Crippen LogP contribution in [0.4, 0.5) is 0 Å². The predicted molar refractivity (Wildman–Crippen MR) is 116 cm³/mol. The Hall–Kier alpha value is -2.63. The molecule has 0 fully saturated rings. The Morgan fingerprint density at radius 2 is 1.93 bits per heavy atom. The van der Waals surface area contributed by atoms with Crippen molar-refractivity contribution in [2.75, 3.05) is 13.1 Å². The fraction of sp³-hybridized carbons (Fsp3) is 0.304. The van der Waals surface area contributed by atoms with Crippen molar-refractivity contribution in [2.24, 2.45) is 0 Å². The van der Waals surface area contributed by atoms with Crippen LogP contribution in [0.3, 0.4) is 0 Å². The van der Waals surface area contributed by atoms with E-state index >= 15 is 0 Å². The Labute approximate surface area is 174 Å². The zero-order valence-electron chi connectivity index (χ0n) is 16.6. The van der Waals surface area contributed by atoms with Gasteiger partial charge in [0, 0.05) is 47.7 Å². The van der Waals surface area contributed by atoms with E-state index in [0.29, 0.717) is 29.9 Å². The number of nitrogens with zero attached hydrogens (tertiary/aromatic N) is 1. The van der Waals surface area contributed by atoms with Crippen molar-refractivity contribution in [1.29, 1.82) is 0 Å². The molecule has 0 atom stereocenters. The minimum absolute atomic E-state index is 0.0262. The number of aryl methyl sites for hydroxylation is 2. The van der Waals surface area contributed by atoms with Crippen LogP contribution in [-0.2, 0) is 24.3 Å². The summed E-state index contributed by atoms with van der Waals surface area (Å²) in [5.41, 5.74) is 5.69. The molecular weight excluding hydrogens is 386 g/mol. The third-order valence-electron chi connectivity index (χ3n) is 5.60. The summed E-state index contributed by atoms with van der Waals surface area (Å²) in [6.45, 7) is 5.95. The highest BCUT2D eigenvalue weighted by molar-refractivity contribution is 6.32. The van der Waals surface area contributed by atoms with Crippen molar-refractivity contribution in [2.45, 2.75) is 33.4 Å². The van der Waals surface area contributed by atoms with Gasteiger partial charge < -0.3 is 10.3 Å². The summed E-state index contributed by atoms with van der Waals surface area (Å²) < 4.78 is 0. The zero-order valence-corrected chi connectivity index (χ0v) is 17.4. The first kappa shape index (κ1) is 19.7. The molecule has 5 nitrogen and oxygen atoms in total. The summed E-state index contributed by atoms with van der Waals surface area (Å²) >= 11 is 6.21. The summed E-state index contributed by atoms with van der Waals surface area (Å²) in [5.74, 6) is -0.0335. The second-order valence-electron chi connectivity index (χ2n) is 7.73.